The number of hydrogen-bond donors (Lipinski definition) is 0. The van der Waals surface area contributed by atoms with Gasteiger partial charge in [-0.05, 0) is 24.8 Å². The molecule has 0 atom stereocenters. The van der Waals surface area contributed by atoms with Crippen molar-refractivity contribution in [2.75, 3.05) is 20.4 Å². The Morgan fingerprint density at radius 1 is 1.56 bits per heavy atom. The minimum Gasteiger partial charge on any atom is -0.357 e. The number of carbonyl (C=O) groups is 1. The van der Waals surface area contributed by atoms with E-state index in [1.165, 1.54) is 6.20 Å². The van der Waals surface area contributed by atoms with Gasteiger partial charge in [0.1, 0.15) is 0 Å². The Balaban J connectivity index is 3.09. The maximum atomic E-state index is 10.6. The summed E-state index contributed by atoms with van der Waals surface area (Å²) in [5.41, 5.74) is 1.48. The van der Waals surface area contributed by atoms with Crippen molar-refractivity contribution in [2.24, 2.45) is 4.99 Å². The Morgan fingerprint density at radius 3 is 2.69 bits per heavy atom. The van der Waals surface area contributed by atoms with Gasteiger partial charge in [0.05, 0.1) is 0 Å². The van der Waals surface area contributed by atoms with Gasteiger partial charge in [0.25, 0.3) is 0 Å². The van der Waals surface area contributed by atoms with Crippen LogP contribution in [0.25, 0.3) is 0 Å². The molecule has 0 aromatic carbocycles. The number of amidine groups is 1. The number of pyridine rings is 1. The van der Waals surface area contributed by atoms with E-state index >= 15 is 0 Å². The lowest BCUT2D eigenvalue weighted by molar-refractivity contribution is 0.112. The molecule has 0 aliphatic rings. The van der Waals surface area contributed by atoms with Crippen molar-refractivity contribution in [3.05, 3.63) is 23.4 Å². The van der Waals surface area contributed by atoms with E-state index in [-0.39, 0.29) is 0 Å². The smallest absolute Gasteiger partial charge is 0.165 e. The Labute approximate surface area is 99.8 Å². The van der Waals surface area contributed by atoms with Gasteiger partial charge in [-0.25, -0.2) is 9.98 Å². The van der Waals surface area contributed by atoms with Crippen molar-refractivity contribution < 1.29 is 4.79 Å². The summed E-state index contributed by atoms with van der Waals surface area (Å²) in [6, 6.07) is 1.78. The molecule has 86 valence electrons. The van der Waals surface area contributed by atoms with Gasteiger partial charge in [-0.15, -0.1) is 0 Å². The molecule has 0 fully saturated rings. The summed E-state index contributed by atoms with van der Waals surface area (Å²) in [4.78, 5) is 21.1. The third kappa shape index (κ3) is 3.06. The van der Waals surface area contributed by atoms with Crippen molar-refractivity contribution in [2.45, 2.75) is 6.92 Å². The maximum absolute atomic E-state index is 10.6. The molecular formula is C11H15N3OS. The van der Waals surface area contributed by atoms with Crippen LogP contribution in [0.3, 0.4) is 0 Å². The number of aromatic nitrogens is 1. The fourth-order valence-electron chi connectivity index (χ4n) is 1.19. The third-order valence-corrected chi connectivity index (χ3v) is 2.80. The van der Waals surface area contributed by atoms with E-state index in [0.717, 1.165) is 17.0 Å². The van der Waals surface area contributed by atoms with E-state index in [2.05, 4.69) is 9.98 Å². The zero-order valence-corrected chi connectivity index (χ0v) is 10.7. The second kappa shape index (κ2) is 5.65. The van der Waals surface area contributed by atoms with Crippen molar-refractivity contribution in [1.29, 1.82) is 0 Å². The Bertz CT molecular complexity index is 416. The van der Waals surface area contributed by atoms with E-state index < -0.39 is 0 Å². The fourth-order valence-corrected chi connectivity index (χ4v) is 1.73. The summed E-state index contributed by atoms with van der Waals surface area (Å²) in [6.45, 7) is 1.90. The van der Waals surface area contributed by atoms with Gasteiger partial charge in [0.2, 0.25) is 0 Å². The largest absolute Gasteiger partial charge is 0.357 e. The quantitative estimate of drug-likeness (QED) is 0.449. The SMILES string of the molecule is CSC(=Nc1ncc(C=O)cc1C)N(C)C. The molecule has 0 saturated carbocycles. The number of nitrogens with zero attached hydrogens (tertiary/aromatic N) is 3. The predicted octanol–water partition coefficient (Wildman–Crippen LogP) is 2.11. The van der Waals surface area contributed by atoms with Gasteiger partial charge in [-0.3, -0.25) is 4.79 Å². The summed E-state index contributed by atoms with van der Waals surface area (Å²) in [6.07, 6.45) is 4.29. The summed E-state index contributed by atoms with van der Waals surface area (Å²) in [7, 11) is 3.87. The number of hydrogen-bond acceptors (Lipinski definition) is 4. The first kappa shape index (κ1) is 12.7. The first-order valence-corrected chi connectivity index (χ1v) is 6.02. The molecule has 0 aliphatic heterocycles. The van der Waals surface area contributed by atoms with Crippen LogP contribution in [-0.4, -0.2) is 41.7 Å². The van der Waals surface area contributed by atoms with E-state index in [0.29, 0.717) is 11.4 Å². The molecule has 0 unspecified atom stereocenters. The minimum absolute atomic E-state index is 0.576. The highest BCUT2D eigenvalue weighted by Crippen LogP contribution is 2.18. The molecule has 5 heteroatoms. The van der Waals surface area contributed by atoms with Crippen LogP contribution in [0.2, 0.25) is 0 Å². The van der Waals surface area contributed by atoms with Crippen LogP contribution in [0.15, 0.2) is 17.3 Å². The summed E-state index contributed by atoms with van der Waals surface area (Å²) in [5, 5.41) is 0.884. The third-order valence-electron chi connectivity index (χ3n) is 1.97. The molecule has 0 spiro atoms. The molecule has 0 saturated heterocycles. The molecule has 0 radical (unpaired) electrons. The first-order valence-electron chi connectivity index (χ1n) is 4.80. The lowest BCUT2D eigenvalue weighted by Crippen LogP contribution is -2.18. The second-order valence-electron chi connectivity index (χ2n) is 3.52. The van der Waals surface area contributed by atoms with Gasteiger partial charge in [0.15, 0.2) is 17.3 Å². The Kier molecular flexibility index (Phi) is 4.49. The molecule has 0 N–H and O–H groups in total. The van der Waals surface area contributed by atoms with E-state index in [4.69, 9.17) is 0 Å². The zero-order chi connectivity index (χ0) is 12.1. The molecule has 0 aliphatic carbocycles. The monoisotopic (exact) mass is 237 g/mol. The zero-order valence-electron chi connectivity index (χ0n) is 9.89. The molecule has 1 aromatic heterocycles. The van der Waals surface area contributed by atoms with E-state index in [1.54, 1.807) is 17.8 Å². The fraction of sp³-hybridized carbons (Fsp3) is 0.364. The van der Waals surface area contributed by atoms with Crippen LogP contribution in [0.1, 0.15) is 15.9 Å². The van der Waals surface area contributed by atoms with Crippen LogP contribution in [-0.2, 0) is 0 Å². The van der Waals surface area contributed by atoms with E-state index in [9.17, 15) is 4.79 Å². The van der Waals surface area contributed by atoms with Gasteiger partial charge >= 0.3 is 0 Å². The van der Waals surface area contributed by atoms with Crippen LogP contribution >= 0.6 is 11.8 Å². The highest BCUT2D eigenvalue weighted by atomic mass is 32.2. The standard InChI is InChI=1S/C11H15N3OS/c1-8-5-9(7-15)6-12-10(8)13-11(16-4)14(2)3/h5-7H,1-4H3. The second-order valence-corrected chi connectivity index (χ2v) is 4.29. The average Bonchev–Trinajstić information content (AvgIpc) is 2.26. The van der Waals surface area contributed by atoms with Gasteiger partial charge < -0.3 is 4.90 Å². The molecule has 1 heterocycles. The van der Waals surface area contributed by atoms with Crippen molar-refractivity contribution >= 4 is 29.0 Å². The molecule has 4 nitrogen and oxygen atoms in total. The summed E-state index contributed by atoms with van der Waals surface area (Å²) < 4.78 is 0. The average molecular weight is 237 g/mol. The lowest BCUT2D eigenvalue weighted by Gasteiger charge is -2.13. The Morgan fingerprint density at radius 2 is 2.25 bits per heavy atom. The highest BCUT2D eigenvalue weighted by Gasteiger charge is 2.04. The topological polar surface area (TPSA) is 45.6 Å². The van der Waals surface area contributed by atoms with Crippen molar-refractivity contribution in [3.8, 4) is 0 Å². The van der Waals surface area contributed by atoms with Crippen LogP contribution in [0.5, 0.6) is 0 Å². The number of aliphatic imine (C=N–C) groups is 1. The lowest BCUT2D eigenvalue weighted by atomic mass is 10.2. The van der Waals surface area contributed by atoms with E-state index in [1.807, 2.05) is 32.2 Å². The van der Waals surface area contributed by atoms with Crippen LogP contribution < -0.4 is 0 Å². The molecule has 0 amide bonds. The van der Waals surface area contributed by atoms with Crippen molar-refractivity contribution in [1.82, 2.24) is 9.88 Å². The molecule has 1 rings (SSSR count). The van der Waals surface area contributed by atoms with Gasteiger partial charge in [-0.1, -0.05) is 11.8 Å². The maximum Gasteiger partial charge on any atom is 0.165 e. The minimum atomic E-state index is 0.576. The molecule has 0 bridgehead atoms. The summed E-state index contributed by atoms with van der Waals surface area (Å²) >= 11 is 1.56. The predicted molar refractivity (Wildman–Crippen MR) is 68.7 cm³/mol. The van der Waals surface area contributed by atoms with Crippen LogP contribution in [0, 0.1) is 6.92 Å². The first-order chi connectivity index (χ1) is 7.58. The van der Waals surface area contributed by atoms with Gasteiger partial charge in [-0.2, -0.15) is 0 Å². The Hall–Kier alpha value is -1.36. The number of carbonyl (C=O) groups excluding carboxylic acids is 1. The number of aryl methyl sites for hydroxylation is 1. The number of aldehydes is 1. The molecule has 16 heavy (non-hydrogen) atoms. The van der Waals surface area contributed by atoms with Gasteiger partial charge in [0, 0.05) is 25.9 Å². The number of rotatable bonds is 2. The molecule has 1 aromatic rings. The highest BCUT2D eigenvalue weighted by molar-refractivity contribution is 8.13. The normalized spacial score (nSPS) is 11.4. The van der Waals surface area contributed by atoms with Crippen LogP contribution in [0.4, 0.5) is 5.82 Å². The van der Waals surface area contributed by atoms with Crippen molar-refractivity contribution in [3.63, 3.8) is 0 Å². The summed E-state index contributed by atoms with van der Waals surface area (Å²) in [5.74, 6) is 0.656. The number of thioether (sulfide) groups is 1. The molecular weight excluding hydrogens is 222 g/mol.